The predicted octanol–water partition coefficient (Wildman–Crippen LogP) is 2.27. The Morgan fingerprint density at radius 1 is 1.33 bits per heavy atom. The summed E-state index contributed by atoms with van der Waals surface area (Å²) >= 11 is 0. The predicted molar refractivity (Wildman–Crippen MR) is 87.8 cm³/mol. The highest BCUT2D eigenvalue weighted by atomic mass is 16.6. The van der Waals surface area contributed by atoms with Gasteiger partial charge in [0.25, 0.3) is 5.91 Å². The molecule has 0 saturated carbocycles. The second kappa shape index (κ2) is 7.90. The number of esters is 1. The zero-order chi connectivity index (χ0) is 18.5. The van der Waals surface area contributed by atoms with Crippen LogP contribution in [0.1, 0.15) is 61.9 Å². The van der Waals surface area contributed by atoms with Crippen molar-refractivity contribution in [3.05, 3.63) is 29.6 Å². The Hall–Kier alpha value is -2.44. The smallest absolute Gasteiger partial charge is 0.354 e. The monoisotopic (exact) mass is 336 g/mol. The average Bonchev–Trinajstić information content (AvgIpc) is 2.49. The maximum absolute atomic E-state index is 12.4. The molecule has 2 N–H and O–H groups in total. The van der Waals surface area contributed by atoms with Crippen LogP contribution in [0.2, 0.25) is 0 Å². The van der Waals surface area contributed by atoms with Crippen LogP contribution in [0.15, 0.2) is 18.3 Å². The molecule has 0 aliphatic carbocycles. The number of nitrogens with zero attached hydrogens (tertiary/aromatic N) is 1. The van der Waals surface area contributed by atoms with E-state index in [1.54, 1.807) is 20.8 Å². The summed E-state index contributed by atoms with van der Waals surface area (Å²) in [5, 5.41) is 11.6. The minimum absolute atomic E-state index is 0.124. The maximum Gasteiger partial charge on any atom is 0.354 e. The molecule has 1 aromatic rings. The van der Waals surface area contributed by atoms with Crippen molar-refractivity contribution < 1.29 is 24.2 Å². The molecule has 2 atom stereocenters. The van der Waals surface area contributed by atoms with E-state index in [-0.39, 0.29) is 17.2 Å². The summed E-state index contributed by atoms with van der Waals surface area (Å²) in [5.41, 5.74) is -0.778. The van der Waals surface area contributed by atoms with Gasteiger partial charge in [0, 0.05) is 11.8 Å². The third-order valence-electron chi connectivity index (χ3n) is 3.40. The molecule has 0 fully saturated rings. The number of aromatic nitrogens is 1. The van der Waals surface area contributed by atoms with Crippen molar-refractivity contribution in [1.29, 1.82) is 0 Å². The third-order valence-corrected chi connectivity index (χ3v) is 3.40. The molecule has 1 heterocycles. The molecular formula is C17H24N2O5. The largest absolute Gasteiger partial charge is 0.477 e. The quantitative estimate of drug-likeness (QED) is 0.772. The second-order valence-corrected chi connectivity index (χ2v) is 6.61. The van der Waals surface area contributed by atoms with Gasteiger partial charge in [-0.2, -0.15) is 0 Å². The molecule has 0 radical (unpaired) electrons. The standard InChI is InChI=1S/C17H24N2O5/c1-6-10(2)13(16(23)24-17(3,4)5)19-14(20)11-7-8-18-12(9-11)15(21)22/h7-10,13H,6H2,1-5H3,(H,19,20)(H,21,22)/t10-,13-/m0/s1. The van der Waals surface area contributed by atoms with Crippen molar-refractivity contribution in [2.45, 2.75) is 52.7 Å². The van der Waals surface area contributed by atoms with Crippen LogP contribution in [0.3, 0.4) is 0 Å². The van der Waals surface area contributed by atoms with Crippen LogP contribution in [0.5, 0.6) is 0 Å². The van der Waals surface area contributed by atoms with Crippen LogP contribution in [0.4, 0.5) is 0 Å². The minimum atomic E-state index is -1.23. The second-order valence-electron chi connectivity index (χ2n) is 6.61. The number of carbonyl (C=O) groups excluding carboxylic acids is 2. The van der Waals surface area contributed by atoms with Gasteiger partial charge < -0.3 is 15.2 Å². The number of ether oxygens (including phenoxy) is 1. The highest BCUT2D eigenvalue weighted by Gasteiger charge is 2.30. The summed E-state index contributed by atoms with van der Waals surface area (Å²) in [4.78, 5) is 39.4. The molecule has 0 aromatic carbocycles. The SMILES string of the molecule is CC[C@H](C)[C@H](NC(=O)c1ccnc(C(=O)O)c1)C(=O)OC(C)(C)C. The van der Waals surface area contributed by atoms with Gasteiger partial charge in [-0.1, -0.05) is 20.3 Å². The Bertz CT molecular complexity index is 622. The number of carbonyl (C=O) groups is 3. The maximum atomic E-state index is 12.4. The Balaban J connectivity index is 2.98. The molecular weight excluding hydrogens is 312 g/mol. The lowest BCUT2D eigenvalue weighted by molar-refractivity contribution is -0.158. The molecule has 7 nitrogen and oxygen atoms in total. The lowest BCUT2D eigenvalue weighted by Crippen LogP contribution is -2.47. The van der Waals surface area contributed by atoms with Crippen LogP contribution in [-0.2, 0) is 9.53 Å². The lowest BCUT2D eigenvalue weighted by atomic mass is 9.98. The molecule has 0 aliphatic rings. The number of carboxylic acids is 1. The van der Waals surface area contributed by atoms with Crippen LogP contribution < -0.4 is 5.32 Å². The first-order chi connectivity index (χ1) is 11.0. The first-order valence-electron chi connectivity index (χ1n) is 7.78. The fourth-order valence-corrected chi connectivity index (χ4v) is 1.95. The van der Waals surface area contributed by atoms with Crippen LogP contribution >= 0.6 is 0 Å². The number of pyridine rings is 1. The highest BCUT2D eigenvalue weighted by molar-refractivity contribution is 5.98. The van der Waals surface area contributed by atoms with Crippen molar-refractivity contribution in [2.75, 3.05) is 0 Å². The molecule has 24 heavy (non-hydrogen) atoms. The number of carboxylic acid groups (broad SMARTS) is 1. The summed E-state index contributed by atoms with van der Waals surface area (Å²) in [5.74, 6) is -2.42. The molecule has 0 bridgehead atoms. The summed E-state index contributed by atoms with van der Waals surface area (Å²) < 4.78 is 5.36. The number of hydrogen-bond acceptors (Lipinski definition) is 5. The number of aromatic carboxylic acids is 1. The van der Waals surface area contributed by atoms with E-state index in [0.717, 1.165) is 0 Å². The fourth-order valence-electron chi connectivity index (χ4n) is 1.95. The van der Waals surface area contributed by atoms with Gasteiger partial charge in [-0.25, -0.2) is 14.6 Å². The van der Waals surface area contributed by atoms with Crippen molar-refractivity contribution in [3.8, 4) is 0 Å². The van der Waals surface area contributed by atoms with E-state index in [9.17, 15) is 14.4 Å². The van der Waals surface area contributed by atoms with Crippen LogP contribution in [0, 0.1) is 5.92 Å². The van der Waals surface area contributed by atoms with Gasteiger partial charge in [-0.05, 0) is 38.8 Å². The molecule has 132 valence electrons. The summed E-state index contributed by atoms with van der Waals surface area (Å²) in [7, 11) is 0. The molecule has 1 amide bonds. The Morgan fingerprint density at radius 2 is 1.96 bits per heavy atom. The summed E-state index contributed by atoms with van der Waals surface area (Å²) in [6, 6.07) is 1.74. The molecule has 0 saturated heterocycles. The molecule has 0 unspecified atom stereocenters. The average molecular weight is 336 g/mol. The first kappa shape index (κ1) is 19.6. The first-order valence-corrected chi connectivity index (χ1v) is 7.78. The highest BCUT2D eigenvalue weighted by Crippen LogP contribution is 2.15. The van der Waals surface area contributed by atoms with Gasteiger partial charge in [-0.3, -0.25) is 4.79 Å². The van der Waals surface area contributed by atoms with Crippen molar-refractivity contribution in [3.63, 3.8) is 0 Å². The Morgan fingerprint density at radius 3 is 2.46 bits per heavy atom. The zero-order valence-corrected chi connectivity index (χ0v) is 14.6. The van der Waals surface area contributed by atoms with E-state index < -0.39 is 29.5 Å². The number of rotatable bonds is 6. The molecule has 7 heteroatoms. The van der Waals surface area contributed by atoms with Crippen molar-refractivity contribution in [2.24, 2.45) is 5.92 Å². The van der Waals surface area contributed by atoms with Gasteiger partial charge in [0.1, 0.15) is 17.3 Å². The summed E-state index contributed by atoms with van der Waals surface area (Å²) in [6.07, 6.45) is 1.91. The van der Waals surface area contributed by atoms with E-state index in [0.29, 0.717) is 6.42 Å². The normalized spacial score (nSPS) is 13.7. The molecule has 1 rings (SSSR count). The van der Waals surface area contributed by atoms with Gasteiger partial charge in [0.05, 0.1) is 0 Å². The minimum Gasteiger partial charge on any atom is -0.477 e. The van der Waals surface area contributed by atoms with Crippen molar-refractivity contribution in [1.82, 2.24) is 10.3 Å². The topological polar surface area (TPSA) is 106 Å². The number of hydrogen-bond donors (Lipinski definition) is 2. The zero-order valence-electron chi connectivity index (χ0n) is 14.6. The van der Waals surface area contributed by atoms with E-state index in [1.165, 1.54) is 18.3 Å². The van der Waals surface area contributed by atoms with Crippen LogP contribution in [-0.4, -0.2) is 39.6 Å². The van der Waals surface area contributed by atoms with Gasteiger partial charge >= 0.3 is 11.9 Å². The van der Waals surface area contributed by atoms with E-state index in [4.69, 9.17) is 9.84 Å². The lowest BCUT2D eigenvalue weighted by Gasteiger charge is -2.27. The third kappa shape index (κ3) is 5.64. The Kier molecular flexibility index (Phi) is 6.45. The van der Waals surface area contributed by atoms with Gasteiger partial charge in [-0.15, -0.1) is 0 Å². The molecule has 0 spiro atoms. The van der Waals surface area contributed by atoms with E-state index in [1.807, 2.05) is 13.8 Å². The van der Waals surface area contributed by atoms with Crippen LogP contribution in [0.25, 0.3) is 0 Å². The fraction of sp³-hybridized carbons (Fsp3) is 0.529. The molecule has 1 aromatic heterocycles. The van der Waals surface area contributed by atoms with Gasteiger partial charge in [0.2, 0.25) is 0 Å². The number of nitrogens with one attached hydrogen (secondary N) is 1. The van der Waals surface area contributed by atoms with E-state index >= 15 is 0 Å². The van der Waals surface area contributed by atoms with Crippen molar-refractivity contribution >= 4 is 17.8 Å². The molecule has 0 aliphatic heterocycles. The van der Waals surface area contributed by atoms with E-state index in [2.05, 4.69) is 10.3 Å². The summed E-state index contributed by atoms with van der Waals surface area (Å²) in [6.45, 7) is 9.00. The Labute approximate surface area is 141 Å². The van der Waals surface area contributed by atoms with Gasteiger partial charge in [0.15, 0.2) is 0 Å². The number of amides is 1.